The Morgan fingerprint density at radius 1 is 1.29 bits per heavy atom. The lowest BCUT2D eigenvalue weighted by atomic mass is 9.85. The molecule has 0 bridgehead atoms. The largest absolute Gasteiger partial charge is 0.369 e. The molecule has 0 aromatic heterocycles. The molecule has 0 aromatic rings. The van der Waals surface area contributed by atoms with E-state index in [0.717, 1.165) is 25.4 Å². The number of nitrogens with one attached hydrogen (secondary N) is 1. The Hall–Kier alpha value is -0.570. The van der Waals surface area contributed by atoms with E-state index in [9.17, 15) is 4.79 Å². The van der Waals surface area contributed by atoms with Crippen LogP contribution in [0.1, 0.15) is 32.1 Å². The summed E-state index contributed by atoms with van der Waals surface area (Å²) < 4.78 is 0. The first-order valence-corrected chi connectivity index (χ1v) is 5.77. The minimum Gasteiger partial charge on any atom is -0.369 e. The zero-order valence-electron chi connectivity index (χ0n) is 8.67. The lowest BCUT2D eigenvalue weighted by Crippen LogP contribution is -2.32. The summed E-state index contributed by atoms with van der Waals surface area (Å²) in [5.41, 5.74) is 5.44. The first kappa shape index (κ1) is 9.97. The Morgan fingerprint density at radius 2 is 1.93 bits per heavy atom. The molecule has 1 aliphatic heterocycles. The van der Waals surface area contributed by atoms with Crippen molar-refractivity contribution < 1.29 is 4.79 Å². The second-order valence-corrected chi connectivity index (χ2v) is 4.78. The molecule has 0 radical (unpaired) electrons. The highest BCUT2D eigenvalue weighted by Gasteiger charge is 2.36. The average molecular weight is 196 g/mol. The van der Waals surface area contributed by atoms with E-state index in [1.165, 1.54) is 25.7 Å². The van der Waals surface area contributed by atoms with E-state index in [-0.39, 0.29) is 11.8 Å². The van der Waals surface area contributed by atoms with Crippen molar-refractivity contribution in [3.05, 3.63) is 0 Å². The van der Waals surface area contributed by atoms with Gasteiger partial charge in [-0.15, -0.1) is 0 Å². The van der Waals surface area contributed by atoms with Gasteiger partial charge >= 0.3 is 0 Å². The van der Waals surface area contributed by atoms with Gasteiger partial charge in [0.2, 0.25) is 5.91 Å². The van der Waals surface area contributed by atoms with Crippen molar-refractivity contribution in [3.8, 4) is 0 Å². The van der Waals surface area contributed by atoms with Crippen molar-refractivity contribution >= 4 is 5.91 Å². The van der Waals surface area contributed by atoms with Gasteiger partial charge in [-0.3, -0.25) is 4.79 Å². The third kappa shape index (κ3) is 2.47. The van der Waals surface area contributed by atoms with Gasteiger partial charge in [-0.2, -0.15) is 0 Å². The van der Waals surface area contributed by atoms with Gasteiger partial charge < -0.3 is 11.1 Å². The summed E-state index contributed by atoms with van der Waals surface area (Å²) in [5, 5.41) is 3.35. The zero-order chi connectivity index (χ0) is 9.97. The Morgan fingerprint density at radius 3 is 2.43 bits per heavy atom. The summed E-state index contributed by atoms with van der Waals surface area (Å²) in [7, 11) is 0. The molecule has 80 valence electrons. The van der Waals surface area contributed by atoms with E-state index in [1.54, 1.807) is 0 Å². The highest BCUT2D eigenvalue weighted by Crippen LogP contribution is 2.40. The molecular formula is C11H20N2O. The van der Waals surface area contributed by atoms with Gasteiger partial charge in [0, 0.05) is 5.92 Å². The van der Waals surface area contributed by atoms with E-state index in [0.29, 0.717) is 5.92 Å². The molecule has 1 aliphatic carbocycles. The van der Waals surface area contributed by atoms with Crippen LogP contribution in [0.25, 0.3) is 0 Å². The Labute approximate surface area is 85.4 Å². The molecule has 1 atom stereocenters. The number of hydrogen-bond acceptors (Lipinski definition) is 2. The van der Waals surface area contributed by atoms with E-state index < -0.39 is 0 Å². The van der Waals surface area contributed by atoms with Crippen LogP contribution < -0.4 is 11.1 Å². The second-order valence-electron chi connectivity index (χ2n) is 4.78. The number of hydrogen-bond donors (Lipinski definition) is 2. The standard InChI is InChI=1S/C11H20N2O/c12-11(14)10(9-1-2-9)7-8-3-5-13-6-4-8/h8-10,13H,1-7H2,(H2,12,14). The van der Waals surface area contributed by atoms with E-state index in [4.69, 9.17) is 5.73 Å². The monoisotopic (exact) mass is 196 g/mol. The molecule has 0 spiro atoms. The van der Waals surface area contributed by atoms with Crippen molar-refractivity contribution in [2.75, 3.05) is 13.1 Å². The van der Waals surface area contributed by atoms with Gasteiger partial charge in [-0.05, 0) is 57.0 Å². The first-order chi connectivity index (χ1) is 6.77. The number of amides is 1. The fourth-order valence-electron chi connectivity index (χ4n) is 2.52. The van der Waals surface area contributed by atoms with E-state index in [1.807, 2.05) is 0 Å². The predicted molar refractivity (Wildman–Crippen MR) is 55.6 cm³/mol. The van der Waals surface area contributed by atoms with Crippen LogP contribution in [-0.4, -0.2) is 19.0 Å². The van der Waals surface area contributed by atoms with Crippen molar-refractivity contribution in [3.63, 3.8) is 0 Å². The third-order valence-corrected chi connectivity index (χ3v) is 3.60. The number of nitrogens with two attached hydrogens (primary N) is 1. The summed E-state index contributed by atoms with van der Waals surface area (Å²) in [6.45, 7) is 2.22. The van der Waals surface area contributed by atoms with Gasteiger partial charge in [0.15, 0.2) is 0 Å². The quantitative estimate of drug-likeness (QED) is 0.701. The predicted octanol–water partition coefficient (Wildman–Crippen LogP) is 0.888. The summed E-state index contributed by atoms with van der Waals surface area (Å²) in [6, 6.07) is 0. The molecule has 2 fully saturated rings. The topological polar surface area (TPSA) is 55.1 Å². The molecule has 1 saturated carbocycles. The summed E-state index contributed by atoms with van der Waals surface area (Å²) in [5.74, 6) is 1.47. The van der Waals surface area contributed by atoms with Gasteiger partial charge in [-0.25, -0.2) is 0 Å². The number of carbonyl (C=O) groups is 1. The van der Waals surface area contributed by atoms with Gasteiger partial charge in [0.05, 0.1) is 0 Å². The molecule has 1 heterocycles. The molecular weight excluding hydrogens is 176 g/mol. The van der Waals surface area contributed by atoms with E-state index in [2.05, 4.69) is 5.32 Å². The summed E-state index contributed by atoms with van der Waals surface area (Å²) >= 11 is 0. The molecule has 0 aromatic carbocycles. The van der Waals surface area contributed by atoms with Crippen LogP contribution in [0.4, 0.5) is 0 Å². The fraction of sp³-hybridized carbons (Fsp3) is 0.909. The minimum absolute atomic E-state index is 0.0639. The smallest absolute Gasteiger partial charge is 0.220 e. The highest BCUT2D eigenvalue weighted by atomic mass is 16.1. The maximum absolute atomic E-state index is 11.3. The maximum Gasteiger partial charge on any atom is 0.220 e. The van der Waals surface area contributed by atoms with Crippen molar-refractivity contribution in [1.29, 1.82) is 0 Å². The molecule has 3 N–H and O–H groups in total. The molecule has 2 aliphatic rings. The maximum atomic E-state index is 11.3. The van der Waals surface area contributed by atoms with Crippen molar-refractivity contribution in [2.45, 2.75) is 32.1 Å². The first-order valence-electron chi connectivity index (χ1n) is 5.77. The van der Waals surface area contributed by atoms with Crippen LogP contribution in [0, 0.1) is 17.8 Å². The lowest BCUT2D eigenvalue weighted by molar-refractivity contribution is -0.123. The van der Waals surface area contributed by atoms with Gasteiger partial charge in [0.25, 0.3) is 0 Å². The molecule has 1 unspecified atom stereocenters. The highest BCUT2D eigenvalue weighted by molar-refractivity contribution is 5.77. The van der Waals surface area contributed by atoms with Crippen LogP contribution >= 0.6 is 0 Å². The number of primary amides is 1. The minimum atomic E-state index is -0.0639. The average Bonchev–Trinajstić information content (AvgIpc) is 2.99. The lowest BCUT2D eigenvalue weighted by Gasteiger charge is -2.25. The molecule has 1 saturated heterocycles. The Bertz CT molecular complexity index is 207. The van der Waals surface area contributed by atoms with Crippen LogP contribution in [0.2, 0.25) is 0 Å². The zero-order valence-corrected chi connectivity index (χ0v) is 8.67. The van der Waals surface area contributed by atoms with Gasteiger partial charge in [-0.1, -0.05) is 0 Å². The van der Waals surface area contributed by atoms with Crippen LogP contribution in [0.15, 0.2) is 0 Å². The number of piperidine rings is 1. The Balaban J connectivity index is 1.82. The number of rotatable bonds is 4. The van der Waals surface area contributed by atoms with E-state index >= 15 is 0 Å². The van der Waals surface area contributed by atoms with Gasteiger partial charge in [0.1, 0.15) is 0 Å². The molecule has 14 heavy (non-hydrogen) atoms. The molecule has 1 amide bonds. The van der Waals surface area contributed by atoms with Crippen LogP contribution in [0.5, 0.6) is 0 Å². The van der Waals surface area contributed by atoms with Crippen LogP contribution in [-0.2, 0) is 4.79 Å². The Kier molecular flexibility index (Phi) is 3.06. The molecule has 3 nitrogen and oxygen atoms in total. The third-order valence-electron chi connectivity index (χ3n) is 3.60. The second kappa shape index (κ2) is 4.30. The molecule has 2 rings (SSSR count). The van der Waals surface area contributed by atoms with Crippen LogP contribution in [0.3, 0.4) is 0 Å². The normalized spacial score (nSPS) is 26.0. The summed E-state index contributed by atoms with van der Waals surface area (Å²) in [6.07, 6.45) is 5.92. The summed E-state index contributed by atoms with van der Waals surface area (Å²) in [4.78, 5) is 11.3. The van der Waals surface area contributed by atoms with Crippen molar-refractivity contribution in [2.24, 2.45) is 23.5 Å². The SMILES string of the molecule is NC(=O)C(CC1CCNCC1)C1CC1. The number of carbonyl (C=O) groups excluding carboxylic acids is 1. The fourth-order valence-corrected chi connectivity index (χ4v) is 2.52. The van der Waals surface area contributed by atoms with Crippen molar-refractivity contribution in [1.82, 2.24) is 5.32 Å². The molecule has 3 heteroatoms.